The highest BCUT2D eigenvalue weighted by atomic mass is 16.5. The maximum atomic E-state index is 5.57. The number of hydrogen-bond acceptors (Lipinski definition) is 3. The summed E-state index contributed by atoms with van der Waals surface area (Å²) < 4.78 is 7.53. The van der Waals surface area contributed by atoms with E-state index in [9.17, 15) is 0 Å². The zero-order valence-corrected chi connectivity index (χ0v) is 14.8. The van der Waals surface area contributed by atoms with Gasteiger partial charge in [-0.3, -0.25) is 0 Å². The van der Waals surface area contributed by atoms with Gasteiger partial charge in [0.05, 0.1) is 30.4 Å². The first kappa shape index (κ1) is 16.1. The number of aliphatic imine (C=N–C) groups is 1. The molecule has 0 spiro atoms. The third-order valence-electron chi connectivity index (χ3n) is 4.32. The monoisotopic (exact) mass is 341 g/mol. The second kappa shape index (κ2) is 6.84. The van der Waals surface area contributed by atoms with Crippen LogP contribution in [0.4, 0.5) is 5.69 Å². The lowest BCUT2D eigenvalue weighted by molar-refractivity contribution is 0.418. The topological polar surface area (TPSA) is 39.4 Å². The quantitative estimate of drug-likeness (QED) is 0.502. The van der Waals surface area contributed by atoms with Crippen LogP contribution in [0.2, 0.25) is 0 Å². The Bertz CT molecular complexity index is 1030. The Balaban J connectivity index is 1.91. The molecule has 0 saturated heterocycles. The first-order valence-electron chi connectivity index (χ1n) is 8.45. The molecule has 0 saturated carbocycles. The molecule has 0 fully saturated rings. The Hall–Kier alpha value is -3.40. The Morgan fingerprint density at radius 2 is 1.54 bits per heavy atom. The van der Waals surface area contributed by atoms with E-state index in [4.69, 9.17) is 9.73 Å². The molecule has 0 aliphatic heterocycles. The van der Waals surface area contributed by atoms with Crippen molar-refractivity contribution >= 4 is 22.4 Å². The fourth-order valence-electron chi connectivity index (χ4n) is 3.08. The lowest BCUT2D eigenvalue weighted by Gasteiger charge is -2.09. The van der Waals surface area contributed by atoms with Crippen LogP contribution in [0, 0.1) is 0 Å². The van der Waals surface area contributed by atoms with Crippen molar-refractivity contribution in [3.05, 3.63) is 90.3 Å². The molecule has 0 unspecified atom stereocenters. The van der Waals surface area contributed by atoms with Gasteiger partial charge in [-0.15, -0.1) is 0 Å². The van der Waals surface area contributed by atoms with E-state index in [0.717, 1.165) is 39.3 Å². The van der Waals surface area contributed by atoms with Crippen molar-refractivity contribution in [2.45, 2.75) is 0 Å². The van der Waals surface area contributed by atoms with Gasteiger partial charge in [0.1, 0.15) is 11.3 Å². The number of fused-ring (bicyclic) bond motifs is 1. The zero-order chi connectivity index (χ0) is 17.9. The minimum Gasteiger partial charge on any atom is -0.494 e. The van der Waals surface area contributed by atoms with E-state index >= 15 is 0 Å². The standard InChI is InChI=1S/C22H19N3O/c1-25-15-23-19-13-18(14-20(26-2)22(19)25)24-21(16-9-5-3-6-10-16)17-11-7-4-8-12-17/h3-15H,1-2H3. The van der Waals surface area contributed by atoms with Crippen LogP contribution in [-0.4, -0.2) is 22.4 Å². The number of methoxy groups -OCH3 is 1. The Morgan fingerprint density at radius 1 is 0.923 bits per heavy atom. The van der Waals surface area contributed by atoms with Crippen molar-refractivity contribution in [3.8, 4) is 5.75 Å². The summed E-state index contributed by atoms with van der Waals surface area (Å²) in [5.74, 6) is 0.765. The number of aromatic nitrogens is 2. The molecule has 4 nitrogen and oxygen atoms in total. The molecule has 0 radical (unpaired) electrons. The summed E-state index contributed by atoms with van der Waals surface area (Å²) in [6, 6.07) is 24.3. The van der Waals surface area contributed by atoms with Crippen molar-refractivity contribution in [1.29, 1.82) is 0 Å². The van der Waals surface area contributed by atoms with Crippen molar-refractivity contribution in [3.63, 3.8) is 0 Å². The van der Waals surface area contributed by atoms with Gasteiger partial charge in [0.2, 0.25) is 0 Å². The van der Waals surface area contributed by atoms with Crippen molar-refractivity contribution in [2.24, 2.45) is 12.0 Å². The maximum absolute atomic E-state index is 5.57. The third-order valence-corrected chi connectivity index (χ3v) is 4.32. The van der Waals surface area contributed by atoms with E-state index < -0.39 is 0 Å². The van der Waals surface area contributed by atoms with Gasteiger partial charge >= 0.3 is 0 Å². The molecule has 0 bridgehead atoms. The highest BCUT2D eigenvalue weighted by Gasteiger charge is 2.11. The molecule has 0 amide bonds. The highest BCUT2D eigenvalue weighted by molar-refractivity contribution is 6.14. The fourth-order valence-corrected chi connectivity index (χ4v) is 3.08. The number of aryl methyl sites for hydroxylation is 1. The van der Waals surface area contributed by atoms with E-state index in [0.29, 0.717) is 0 Å². The smallest absolute Gasteiger partial charge is 0.146 e. The average molecular weight is 341 g/mol. The molecule has 0 aliphatic carbocycles. The first-order valence-corrected chi connectivity index (χ1v) is 8.45. The lowest BCUT2D eigenvalue weighted by atomic mass is 10.0. The summed E-state index contributed by atoms with van der Waals surface area (Å²) in [7, 11) is 3.63. The molecule has 1 aromatic heterocycles. The summed E-state index contributed by atoms with van der Waals surface area (Å²) >= 11 is 0. The van der Waals surface area contributed by atoms with E-state index in [2.05, 4.69) is 29.2 Å². The van der Waals surface area contributed by atoms with Gasteiger partial charge in [0.15, 0.2) is 0 Å². The summed E-state index contributed by atoms with van der Waals surface area (Å²) in [5, 5.41) is 0. The van der Waals surface area contributed by atoms with Crippen LogP contribution >= 0.6 is 0 Å². The first-order chi connectivity index (χ1) is 12.8. The molecule has 0 N–H and O–H groups in total. The SMILES string of the molecule is COc1cc(N=C(c2ccccc2)c2ccccc2)cc2ncn(C)c12. The lowest BCUT2D eigenvalue weighted by Crippen LogP contribution is -2.02. The minimum absolute atomic E-state index is 0.765. The third kappa shape index (κ3) is 2.97. The molecular formula is C22H19N3O. The largest absolute Gasteiger partial charge is 0.494 e. The molecule has 0 atom stereocenters. The fraction of sp³-hybridized carbons (Fsp3) is 0.0909. The second-order valence-corrected chi connectivity index (χ2v) is 6.06. The molecule has 4 heteroatoms. The van der Waals surface area contributed by atoms with Gasteiger partial charge in [-0.25, -0.2) is 9.98 Å². The number of nitrogens with zero attached hydrogens (tertiary/aromatic N) is 3. The molecule has 1 heterocycles. The van der Waals surface area contributed by atoms with Gasteiger partial charge in [-0.1, -0.05) is 60.7 Å². The van der Waals surface area contributed by atoms with Crippen LogP contribution in [0.5, 0.6) is 5.75 Å². The van der Waals surface area contributed by atoms with Crippen molar-refractivity contribution in [2.75, 3.05) is 7.11 Å². The Morgan fingerprint density at radius 3 is 2.12 bits per heavy atom. The van der Waals surface area contributed by atoms with Gasteiger partial charge in [0.25, 0.3) is 0 Å². The van der Waals surface area contributed by atoms with Crippen LogP contribution in [0.25, 0.3) is 11.0 Å². The van der Waals surface area contributed by atoms with Gasteiger partial charge < -0.3 is 9.30 Å². The van der Waals surface area contributed by atoms with Crippen LogP contribution < -0.4 is 4.74 Å². The van der Waals surface area contributed by atoms with E-state index in [1.807, 2.05) is 60.1 Å². The maximum Gasteiger partial charge on any atom is 0.146 e. The number of rotatable bonds is 4. The second-order valence-electron chi connectivity index (χ2n) is 6.06. The normalized spacial score (nSPS) is 10.7. The Kier molecular flexibility index (Phi) is 4.23. The van der Waals surface area contributed by atoms with Gasteiger partial charge in [0, 0.05) is 24.2 Å². The van der Waals surface area contributed by atoms with Crippen molar-refractivity contribution in [1.82, 2.24) is 9.55 Å². The van der Waals surface area contributed by atoms with Crippen LogP contribution in [-0.2, 0) is 7.05 Å². The molecule has 0 aliphatic rings. The number of ether oxygens (including phenoxy) is 1. The van der Waals surface area contributed by atoms with E-state index in [1.165, 1.54) is 0 Å². The summed E-state index contributed by atoms with van der Waals surface area (Å²) in [6.07, 6.45) is 1.79. The zero-order valence-electron chi connectivity index (χ0n) is 14.8. The number of imidazole rings is 1. The van der Waals surface area contributed by atoms with E-state index in [-0.39, 0.29) is 0 Å². The average Bonchev–Trinajstić information content (AvgIpc) is 3.08. The summed E-state index contributed by atoms with van der Waals surface area (Å²) in [4.78, 5) is 9.41. The van der Waals surface area contributed by atoms with Crippen LogP contribution in [0.3, 0.4) is 0 Å². The van der Waals surface area contributed by atoms with Crippen LogP contribution in [0.1, 0.15) is 11.1 Å². The molecule has 26 heavy (non-hydrogen) atoms. The predicted molar refractivity (Wildman–Crippen MR) is 105 cm³/mol. The van der Waals surface area contributed by atoms with Crippen LogP contribution in [0.15, 0.2) is 84.1 Å². The molecule has 4 aromatic rings. The Labute approximate surface area is 152 Å². The van der Waals surface area contributed by atoms with E-state index in [1.54, 1.807) is 13.4 Å². The number of hydrogen-bond donors (Lipinski definition) is 0. The molecule has 4 rings (SSSR count). The summed E-state index contributed by atoms with van der Waals surface area (Å²) in [5.41, 5.74) is 5.70. The molecule has 3 aromatic carbocycles. The van der Waals surface area contributed by atoms with Gasteiger partial charge in [-0.05, 0) is 6.07 Å². The molecular weight excluding hydrogens is 322 g/mol. The number of benzene rings is 3. The predicted octanol–water partition coefficient (Wildman–Crippen LogP) is 4.75. The minimum atomic E-state index is 0.765. The highest BCUT2D eigenvalue weighted by Crippen LogP contribution is 2.31. The van der Waals surface area contributed by atoms with Crippen molar-refractivity contribution < 1.29 is 4.74 Å². The van der Waals surface area contributed by atoms with Gasteiger partial charge in [-0.2, -0.15) is 0 Å². The molecule has 128 valence electrons. The summed E-state index contributed by atoms with van der Waals surface area (Å²) in [6.45, 7) is 0.